The summed E-state index contributed by atoms with van der Waals surface area (Å²) in [6.07, 6.45) is 8.09. The van der Waals surface area contributed by atoms with Gasteiger partial charge in [0.05, 0.1) is 11.6 Å². The minimum atomic E-state index is 0.349. The summed E-state index contributed by atoms with van der Waals surface area (Å²) in [6, 6.07) is 7.59. The van der Waals surface area contributed by atoms with Gasteiger partial charge in [0.15, 0.2) is 5.82 Å². The summed E-state index contributed by atoms with van der Waals surface area (Å²) in [4.78, 5) is 11.5. The summed E-state index contributed by atoms with van der Waals surface area (Å²) in [6.45, 7) is 7.08. The number of fused-ring (bicyclic) bond motifs is 3. The Kier molecular flexibility index (Phi) is 5.39. The van der Waals surface area contributed by atoms with Gasteiger partial charge in [-0.1, -0.05) is 50.9 Å². The molecule has 0 unspecified atom stereocenters. The molecule has 1 N–H and O–H groups in total. The van der Waals surface area contributed by atoms with E-state index < -0.39 is 0 Å². The fourth-order valence-electron chi connectivity index (χ4n) is 3.87. The van der Waals surface area contributed by atoms with Crippen LogP contribution >= 0.6 is 22.9 Å². The van der Waals surface area contributed by atoms with Crippen molar-refractivity contribution in [3.05, 3.63) is 51.6 Å². The molecule has 4 rings (SSSR count). The quantitative estimate of drug-likeness (QED) is 0.393. The van der Waals surface area contributed by atoms with Gasteiger partial charge in [-0.15, -0.1) is 11.3 Å². The van der Waals surface area contributed by atoms with E-state index in [0.29, 0.717) is 11.3 Å². The van der Waals surface area contributed by atoms with Crippen molar-refractivity contribution in [2.75, 3.05) is 5.43 Å². The van der Waals surface area contributed by atoms with Gasteiger partial charge in [0.2, 0.25) is 0 Å². The minimum absolute atomic E-state index is 0.349. The van der Waals surface area contributed by atoms with Gasteiger partial charge in [-0.2, -0.15) is 5.10 Å². The van der Waals surface area contributed by atoms with Crippen LogP contribution in [0.3, 0.4) is 0 Å². The van der Waals surface area contributed by atoms with E-state index in [4.69, 9.17) is 11.6 Å². The van der Waals surface area contributed by atoms with Gasteiger partial charge in [-0.25, -0.2) is 9.97 Å². The molecule has 6 heteroatoms. The fraction of sp³-hybridized carbons (Fsp3) is 0.409. The number of aromatic nitrogens is 2. The molecule has 0 fully saturated rings. The molecule has 0 saturated carbocycles. The Labute approximate surface area is 175 Å². The van der Waals surface area contributed by atoms with Crippen LogP contribution in [0.2, 0.25) is 5.02 Å². The highest BCUT2D eigenvalue weighted by Crippen LogP contribution is 2.45. The second-order valence-electron chi connectivity index (χ2n) is 8.11. The van der Waals surface area contributed by atoms with Crippen molar-refractivity contribution in [3.63, 3.8) is 0 Å². The zero-order valence-electron chi connectivity index (χ0n) is 16.5. The van der Waals surface area contributed by atoms with Crippen molar-refractivity contribution < 1.29 is 0 Å². The van der Waals surface area contributed by atoms with Crippen LogP contribution in [0.4, 0.5) is 5.82 Å². The smallest absolute Gasteiger partial charge is 0.158 e. The first-order valence-electron chi connectivity index (χ1n) is 9.78. The van der Waals surface area contributed by atoms with Gasteiger partial charge < -0.3 is 0 Å². The summed E-state index contributed by atoms with van der Waals surface area (Å²) < 4.78 is 0. The van der Waals surface area contributed by atoms with E-state index in [2.05, 4.69) is 41.3 Å². The van der Waals surface area contributed by atoms with Crippen molar-refractivity contribution in [1.82, 2.24) is 9.97 Å². The Hall–Kier alpha value is -1.98. The number of nitrogens with one attached hydrogen (secondary N) is 1. The first-order chi connectivity index (χ1) is 13.5. The van der Waals surface area contributed by atoms with E-state index in [0.717, 1.165) is 39.5 Å². The Morgan fingerprint density at radius 3 is 2.82 bits per heavy atom. The number of thiophene rings is 1. The van der Waals surface area contributed by atoms with Crippen LogP contribution < -0.4 is 5.43 Å². The lowest BCUT2D eigenvalue weighted by atomic mass is 9.69. The van der Waals surface area contributed by atoms with Crippen LogP contribution in [0.5, 0.6) is 0 Å². The number of aryl methyl sites for hydroxylation is 1. The van der Waals surface area contributed by atoms with E-state index in [1.54, 1.807) is 12.5 Å². The number of halogens is 1. The molecule has 1 aliphatic rings. The first kappa shape index (κ1) is 19.3. The number of rotatable bonds is 5. The van der Waals surface area contributed by atoms with E-state index >= 15 is 0 Å². The fourth-order valence-corrected chi connectivity index (χ4v) is 5.18. The van der Waals surface area contributed by atoms with Gasteiger partial charge in [-0.3, -0.25) is 5.43 Å². The molecular weight excluding hydrogens is 388 g/mol. The molecule has 1 atom stereocenters. The molecular formula is C22H25ClN4S. The topological polar surface area (TPSA) is 50.2 Å². The Balaban J connectivity index is 1.63. The van der Waals surface area contributed by atoms with Gasteiger partial charge in [0, 0.05) is 9.90 Å². The van der Waals surface area contributed by atoms with E-state index in [1.165, 1.54) is 23.3 Å². The van der Waals surface area contributed by atoms with E-state index in [9.17, 15) is 0 Å². The average Bonchev–Trinajstić information content (AvgIpc) is 3.08. The predicted molar refractivity (Wildman–Crippen MR) is 120 cm³/mol. The summed E-state index contributed by atoms with van der Waals surface area (Å²) in [5.41, 5.74) is 5.90. The SMILES string of the molecule is CCC(C)(C)[C@@H]1CCc2sc3ncnc(N/N=C/c4ccc(Cl)cc4)c3c2C1. The monoisotopic (exact) mass is 412 g/mol. The highest BCUT2D eigenvalue weighted by molar-refractivity contribution is 7.19. The van der Waals surface area contributed by atoms with Crippen molar-refractivity contribution in [1.29, 1.82) is 0 Å². The molecule has 28 heavy (non-hydrogen) atoms. The zero-order valence-corrected chi connectivity index (χ0v) is 18.1. The Bertz CT molecular complexity index is 1010. The number of hydrogen-bond acceptors (Lipinski definition) is 5. The third-order valence-electron chi connectivity index (χ3n) is 6.11. The number of nitrogens with zero attached hydrogens (tertiary/aromatic N) is 3. The number of anilines is 1. The van der Waals surface area contributed by atoms with Crippen LogP contribution in [0, 0.1) is 11.3 Å². The van der Waals surface area contributed by atoms with Crippen LogP contribution in [-0.4, -0.2) is 16.2 Å². The second-order valence-corrected chi connectivity index (χ2v) is 9.63. The molecule has 0 saturated heterocycles. The molecule has 3 aromatic rings. The lowest BCUT2D eigenvalue weighted by Gasteiger charge is -2.36. The van der Waals surface area contributed by atoms with Crippen LogP contribution in [0.1, 0.15) is 49.6 Å². The highest BCUT2D eigenvalue weighted by Gasteiger charge is 2.33. The van der Waals surface area contributed by atoms with Gasteiger partial charge in [0.1, 0.15) is 11.2 Å². The van der Waals surface area contributed by atoms with Crippen LogP contribution in [-0.2, 0) is 12.8 Å². The average molecular weight is 413 g/mol. The maximum atomic E-state index is 5.94. The Morgan fingerprint density at radius 2 is 2.07 bits per heavy atom. The largest absolute Gasteiger partial charge is 0.261 e. The predicted octanol–water partition coefficient (Wildman–Crippen LogP) is 6.33. The second kappa shape index (κ2) is 7.80. The van der Waals surface area contributed by atoms with E-state index in [-0.39, 0.29) is 0 Å². The third-order valence-corrected chi connectivity index (χ3v) is 7.56. The summed E-state index contributed by atoms with van der Waals surface area (Å²) in [7, 11) is 0. The van der Waals surface area contributed by atoms with Gasteiger partial charge in [-0.05, 0) is 53.9 Å². The molecule has 146 valence electrons. The van der Waals surface area contributed by atoms with Crippen molar-refractivity contribution in [3.8, 4) is 0 Å². The van der Waals surface area contributed by atoms with Crippen LogP contribution in [0.15, 0.2) is 35.7 Å². The maximum absolute atomic E-state index is 5.94. The summed E-state index contributed by atoms with van der Waals surface area (Å²) in [5, 5.41) is 6.27. The molecule has 2 heterocycles. The number of hydrazone groups is 1. The molecule has 0 radical (unpaired) electrons. The van der Waals surface area contributed by atoms with Crippen molar-refractivity contribution in [2.24, 2.45) is 16.4 Å². The molecule has 0 amide bonds. The van der Waals surface area contributed by atoms with E-state index in [1.807, 2.05) is 35.6 Å². The van der Waals surface area contributed by atoms with Crippen molar-refractivity contribution >= 4 is 45.2 Å². The number of hydrogen-bond donors (Lipinski definition) is 1. The minimum Gasteiger partial charge on any atom is -0.261 e. The van der Waals surface area contributed by atoms with Crippen LogP contribution in [0.25, 0.3) is 10.2 Å². The molecule has 0 aliphatic heterocycles. The lowest BCUT2D eigenvalue weighted by Crippen LogP contribution is -2.28. The normalized spacial score (nSPS) is 17.2. The zero-order chi connectivity index (χ0) is 19.7. The molecule has 4 nitrogen and oxygen atoms in total. The summed E-state index contributed by atoms with van der Waals surface area (Å²) >= 11 is 7.75. The Morgan fingerprint density at radius 1 is 1.29 bits per heavy atom. The third kappa shape index (κ3) is 3.78. The highest BCUT2D eigenvalue weighted by atomic mass is 35.5. The standard InChI is InChI=1S/C22H25ClN4S/c1-4-22(2,3)15-7-10-18-17(11-15)19-20(24-13-25-21(19)28-18)27-26-12-14-5-8-16(23)9-6-14/h5-6,8-9,12-13,15H,4,7,10-11H2,1-3H3,(H,24,25,27)/b26-12+/t15-/m1/s1. The van der Waals surface area contributed by atoms with Gasteiger partial charge in [0.25, 0.3) is 0 Å². The number of benzene rings is 1. The molecule has 2 aromatic heterocycles. The molecule has 1 aliphatic carbocycles. The molecule has 0 bridgehead atoms. The maximum Gasteiger partial charge on any atom is 0.158 e. The van der Waals surface area contributed by atoms with Gasteiger partial charge >= 0.3 is 0 Å². The molecule has 1 aromatic carbocycles. The summed E-state index contributed by atoms with van der Waals surface area (Å²) in [5.74, 6) is 1.48. The molecule has 0 spiro atoms. The first-order valence-corrected chi connectivity index (χ1v) is 11.0. The van der Waals surface area contributed by atoms with Crippen molar-refractivity contribution in [2.45, 2.75) is 46.5 Å². The lowest BCUT2D eigenvalue weighted by molar-refractivity contribution is 0.184.